The van der Waals surface area contributed by atoms with Crippen molar-refractivity contribution in [2.75, 3.05) is 39.8 Å². The van der Waals surface area contributed by atoms with Gasteiger partial charge in [-0.3, -0.25) is 57.6 Å². The second-order valence-electron chi connectivity index (χ2n) is 38.3. The van der Waals surface area contributed by atoms with Gasteiger partial charge < -0.3 is 99.4 Å². The van der Waals surface area contributed by atoms with E-state index in [0.29, 0.717) is 110 Å². The maximum Gasteiger partial charge on any atom is 0.343 e. The standard InChI is InChI=1S/C96H121FN10O24/c1-8-96(121)62-37-68-83-60(45-107(68)93(119)61(62)46-123-94(96)120)82-64(23-22-58-51(6)63(97)38-66(105-83)81(58)82)102-76(111)27-24-65(103-75(110)17-13-10-14-30-106-80(115)33-49(4)92(106)118)90(116)100-43-78(113)99-44-79(114)104-67(34-52-15-11-9-12-16-52)91(117)101-42-77(112)98-41-54(109)36-73-84(122-7)59-21-18-53(108)35-56-20-26-70-85(126-56)89-88-87(128-70)86-74(129-88)40-95(130-86,131-89)29-28-57-32-48(3)69(124-57)25-19-55-31-47(2)50(5)71(125-55)39-72(59)127-73/h9,11-12,15-16,37-38,47,49,54-57,59,64-65,67,69-74,84-89,109,121H,3,5,8,10,13-14,17-36,39-46H2,1-2,4,6-7H3,(H,98,112)(H,99,113)(H,100,116)(H,101,117)(H,102,111)(H,103,110)(H,104,114)/t47-,49?,54+,55+,56-,57+,59+,64+,65?,67+,69+,70+,71-,72+,73-,74-,84-,85+,86+,87?,88?,89+,95+,96+/m1/s1. The lowest BCUT2D eigenvalue weighted by Gasteiger charge is -2.47. The van der Waals surface area contributed by atoms with Crippen molar-refractivity contribution in [2.24, 2.45) is 17.8 Å². The number of cyclic esters (lactones) is 1. The lowest BCUT2D eigenvalue weighted by atomic mass is 9.81. The number of aromatic nitrogens is 2. The normalized spacial score (nSPS) is 32.2. The van der Waals surface area contributed by atoms with Gasteiger partial charge in [0.25, 0.3) is 5.56 Å². The van der Waals surface area contributed by atoms with Gasteiger partial charge in [0.2, 0.25) is 53.2 Å². The minimum absolute atomic E-state index is 0.0185. The number of aliphatic hydroxyl groups is 2. The van der Waals surface area contributed by atoms with Gasteiger partial charge in [0.05, 0.1) is 122 Å². The molecular weight excluding hydrogens is 1700 g/mol. The summed E-state index contributed by atoms with van der Waals surface area (Å²) in [5.74, 6) is -8.54. The number of Topliss-reactive ketones (excluding diaryl/α,β-unsaturated/α-hetero) is 1. The van der Waals surface area contributed by atoms with Gasteiger partial charge in [0.1, 0.15) is 60.8 Å². The molecule has 14 aliphatic rings. The van der Waals surface area contributed by atoms with E-state index in [1.807, 2.05) is 0 Å². The molecule has 11 saturated heterocycles. The highest BCUT2D eigenvalue weighted by Gasteiger charge is 2.69. The average molecular weight is 1820 g/mol. The summed E-state index contributed by atoms with van der Waals surface area (Å²) in [6, 6.07) is 8.09. The zero-order valence-electron chi connectivity index (χ0n) is 74.9. The van der Waals surface area contributed by atoms with Crippen LogP contribution in [0.2, 0.25) is 0 Å². The fourth-order valence-corrected chi connectivity index (χ4v) is 22.5. The number of ketones is 1. The highest BCUT2D eigenvalue weighted by atomic mass is 19.1. The summed E-state index contributed by atoms with van der Waals surface area (Å²) in [6.07, 6.45) is 2.18. The van der Waals surface area contributed by atoms with E-state index in [1.54, 1.807) is 64.3 Å². The molecule has 34 nitrogen and oxygen atoms in total. The molecule has 706 valence electrons. The number of aliphatic hydroxyl groups excluding tert-OH is 1. The number of pyridine rings is 2. The molecule has 4 unspecified atom stereocenters. The number of aryl methyl sites for hydroxylation is 1. The summed E-state index contributed by atoms with van der Waals surface area (Å²) in [4.78, 5) is 170. The minimum atomic E-state index is -2.12. The van der Waals surface area contributed by atoms with Gasteiger partial charge in [0, 0.05) is 119 Å². The van der Waals surface area contributed by atoms with Crippen molar-refractivity contribution >= 4 is 75.8 Å². The van der Waals surface area contributed by atoms with E-state index in [4.69, 9.17) is 52.4 Å². The molecule has 1 aliphatic carbocycles. The van der Waals surface area contributed by atoms with E-state index >= 15 is 4.39 Å². The molecule has 24 atom stereocenters. The Morgan fingerprint density at radius 2 is 1.41 bits per heavy atom. The number of fused-ring (bicyclic) bond motifs is 11. The molecule has 2 aromatic carbocycles. The molecule has 35 heteroatoms. The third kappa shape index (κ3) is 19.5. The smallest absolute Gasteiger partial charge is 0.343 e. The van der Waals surface area contributed by atoms with Gasteiger partial charge in [-0.2, -0.15) is 0 Å². The fraction of sp³-hybridized carbons (Fsp3) is 0.635. The van der Waals surface area contributed by atoms with E-state index in [1.165, 1.54) is 15.5 Å². The molecule has 0 saturated carbocycles. The van der Waals surface area contributed by atoms with Crippen LogP contribution in [0.3, 0.4) is 0 Å². The predicted molar refractivity (Wildman–Crippen MR) is 464 cm³/mol. The third-order valence-corrected chi connectivity index (χ3v) is 29.5. The number of esters is 1. The van der Waals surface area contributed by atoms with Crippen LogP contribution >= 0.6 is 0 Å². The molecule has 9 N–H and O–H groups in total. The van der Waals surface area contributed by atoms with E-state index in [2.05, 4.69) is 57.3 Å². The Balaban J connectivity index is 0.505. The second kappa shape index (κ2) is 39.1. The van der Waals surface area contributed by atoms with E-state index in [0.717, 1.165) is 36.8 Å². The Labute approximate surface area is 758 Å². The molecule has 11 fully saturated rings. The van der Waals surface area contributed by atoms with Crippen LogP contribution in [0, 0.1) is 30.5 Å². The fourth-order valence-electron chi connectivity index (χ4n) is 22.5. The van der Waals surface area contributed by atoms with Crippen LogP contribution in [0.1, 0.15) is 213 Å². The first-order chi connectivity index (χ1) is 62.9. The van der Waals surface area contributed by atoms with Crippen molar-refractivity contribution in [3.8, 4) is 11.4 Å². The molecule has 15 heterocycles. The van der Waals surface area contributed by atoms with Crippen LogP contribution in [-0.2, 0) is 132 Å². The number of ether oxygens (including phenoxy) is 10. The summed E-state index contributed by atoms with van der Waals surface area (Å²) in [7, 11) is 1.58. The first-order valence-corrected chi connectivity index (χ1v) is 46.9. The number of hydrogen-bond donors (Lipinski definition) is 9. The Hall–Kier alpha value is -9.66. The Kier molecular flexibility index (Phi) is 27.8. The minimum Gasteiger partial charge on any atom is -0.458 e. The molecule has 131 heavy (non-hydrogen) atoms. The Morgan fingerprint density at radius 3 is 2.18 bits per heavy atom. The van der Waals surface area contributed by atoms with Crippen molar-refractivity contribution in [1.29, 1.82) is 0 Å². The first kappa shape index (κ1) is 93.2. The summed E-state index contributed by atoms with van der Waals surface area (Å²) in [5, 5.41) is 42.6. The first-order valence-electron chi connectivity index (χ1n) is 46.9. The number of likely N-dealkylation sites (tertiary alicyclic amines) is 1. The number of methoxy groups -OCH3 is 1. The van der Waals surface area contributed by atoms with Gasteiger partial charge in [-0.15, -0.1) is 0 Å². The number of unbranched alkanes of at least 4 members (excludes halogenated alkanes) is 2. The van der Waals surface area contributed by atoms with Crippen LogP contribution in [0.25, 0.3) is 22.3 Å². The number of benzene rings is 2. The van der Waals surface area contributed by atoms with Gasteiger partial charge in [0.15, 0.2) is 11.4 Å². The van der Waals surface area contributed by atoms with Crippen molar-refractivity contribution in [3.63, 3.8) is 0 Å². The highest BCUT2D eigenvalue weighted by molar-refractivity contribution is 6.03. The van der Waals surface area contributed by atoms with E-state index < -0.39 is 156 Å². The Morgan fingerprint density at radius 1 is 0.687 bits per heavy atom. The molecule has 18 rings (SSSR count). The number of carbonyl (C=O) groups is 11. The van der Waals surface area contributed by atoms with Gasteiger partial charge >= 0.3 is 5.97 Å². The third-order valence-electron chi connectivity index (χ3n) is 29.5. The number of hydrogen-bond acceptors (Lipinski definition) is 25. The molecule has 2 aromatic heterocycles. The number of imide groups is 1. The zero-order chi connectivity index (χ0) is 92.2. The van der Waals surface area contributed by atoms with Crippen molar-refractivity contribution in [3.05, 3.63) is 122 Å². The number of carbonyl (C=O) groups excluding carboxylic acids is 11. The lowest BCUT2D eigenvalue weighted by Crippen LogP contribution is -2.61. The summed E-state index contributed by atoms with van der Waals surface area (Å²) in [6.45, 7) is 13.6. The van der Waals surface area contributed by atoms with Crippen molar-refractivity contribution < 1.29 is 115 Å². The molecule has 12 bridgehead atoms. The van der Waals surface area contributed by atoms with Crippen LogP contribution < -0.4 is 42.8 Å². The largest absolute Gasteiger partial charge is 0.458 e. The summed E-state index contributed by atoms with van der Waals surface area (Å²) in [5.41, 5.74) is 3.17. The summed E-state index contributed by atoms with van der Waals surface area (Å²) >= 11 is 0. The zero-order valence-corrected chi connectivity index (χ0v) is 74.9. The van der Waals surface area contributed by atoms with E-state index in [-0.39, 0.29) is 197 Å². The van der Waals surface area contributed by atoms with Gasteiger partial charge in [-0.1, -0.05) is 70.7 Å². The maximum absolute atomic E-state index is 15.8. The lowest BCUT2D eigenvalue weighted by molar-refractivity contribution is -0.292. The van der Waals surface area contributed by atoms with Crippen LogP contribution in [0.15, 0.2) is 71.6 Å². The Bertz CT molecular complexity index is 5230. The van der Waals surface area contributed by atoms with Crippen LogP contribution in [0.4, 0.5) is 4.39 Å². The van der Waals surface area contributed by atoms with Crippen LogP contribution in [-0.4, -0.2) is 245 Å². The maximum atomic E-state index is 15.8. The number of rotatable bonds is 28. The molecule has 1 spiro atoms. The number of nitrogens with one attached hydrogen (secondary N) is 7. The predicted octanol–water partition coefficient (Wildman–Crippen LogP) is 4.93. The topological polar surface area (TPSA) is 443 Å². The number of halogens is 1. The quantitative estimate of drug-likeness (QED) is 0.0139. The molecule has 0 radical (unpaired) electrons. The van der Waals surface area contributed by atoms with Gasteiger partial charge in [-0.05, 0) is 142 Å². The molecular formula is C96H121FN10O24. The molecule has 13 aliphatic heterocycles. The van der Waals surface area contributed by atoms with Crippen molar-refractivity contribution in [2.45, 2.75) is 329 Å². The van der Waals surface area contributed by atoms with E-state index in [9.17, 15) is 67.7 Å². The molecule has 4 aromatic rings. The SMILES string of the molecule is C=C1C[C@@H]2CC[C@@]34C[C@H]5OC6C(O[C@H]7CC[C@H](CC(=O)CC[C@@H]8[C@@H](OC)[C@@H](C[C@H](O)CNC(=O)CNC(=O)[C@H](Cc9ccccc9)NC(=O)CNC(=O)CNC(=O)C(CCC(=O)N[C@H]9CCc%10c(C)c(F)cc%11nc%12c(c9c%10%11)Cn9c-%12cc%10c(c9=O)COC(=O)[C@]%10(O)CC)NC(=O)CCCCCN9C(=O)CC(C)C9=O)O[C@H]8C[C@H]8O[C@@H](CC[C@@H]1O2)C[C@@H](C)C8=C)O[C@@H]7[C@@H]6O3)[C@H]5O4. The average Bonchev–Trinajstić information content (AvgIpc) is 1.55. The van der Waals surface area contributed by atoms with Crippen molar-refractivity contribution in [1.82, 2.24) is 51.7 Å². The monoisotopic (exact) mass is 1820 g/mol. The number of nitrogens with zero attached hydrogens (tertiary/aromatic N) is 3. The number of amides is 9. The summed E-state index contributed by atoms with van der Waals surface area (Å²) < 4.78 is 83.6. The second-order valence-corrected chi connectivity index (χ2v) is 38.3. The molecule has 9 amide bonds. The van der Waals surface area contributed by atoms with Crippen LogP contribution in [0.5, 0.6) is 0 Å². The highest BCUT2D eigenvalue weighted by Crippen LogP contribution is 2.55. The van der Waals surface area contributed by atoms with Gasteiger partial charge in [-0.25, -0.2) is 14.2 Å².